The van der Waals surface area contributed by atoms with Gasteiger partial charge in [0.15, 0.2) is 0 Å². The molecule has 1 spiro atoms. The minimum Gasteiger partial charge on any atom is -0.465 e. The van der Waals surface area contributed by atoms with Gasteiger partial charge >= 0.3 is 6.09 Å². The van der Waals surface area contributed by atoms with E-state index < -0.39 is 6.09 Å². The molecule has 1 saturated carbocycles. The molecule has 0 aromatic heterocycles. The molecule has 4 heteroatoms. The second kappa shape index (κ2) is 4.23. The number of likely N-dealkylation sites (tertiary alicyclic amines) is 1. The second-order valence-electron chi connectivity index (χ2n) is 6.05. The lowest BCUT2D eigenvalue weighted by molar-refractivity contribution is 0.00782. The minimum absolute atomic E-state index is 0.00122. The molecule has 1 aliphatic heterocycles. The third kappa shape index (κ3) is 1.91. The summed E-state index contributed by atoms with van der Waals surface area (Å²) in [6.07, 6.45) is 2.99. The van der Waals surface area contributed by atoms with E-state index in [0.717, 1.165) is 25.7 Å². The summed E-state index contributed by atoms with van der Waals surface area (Å²) >= 11 is 0. The van der Waals surface area contributed by atoms with Crippen LogP contribution >= 0.6 is 0 Å². The Labute approximate surface area is 113 Å². The maximum atomic E-state index is 11.1. The molecule has 102 valence electrons. The van der Waals surface area contributed by atoms with Crippen LogP contribution < -0.4 is 5.73 Å². The highest BCUT2D eigenvalue weighted by molar-refractivity contribution is 5.65. The highest BCUT2D eigenvalue weighted by Gasteiger charge is 2.59. The predicted octanol–water partition coefficient (Wildman–Crippen LogP) is 2.09. The molecule has 1 amide bonds. The fourth-order valence-corrected chi connectivity index (χ4v) is 3.68. The van der Waals surface area contributed by atoms with Crippen LogP contribution in [-0.4, -0.2) is 34.7 Å². The summed E-state index contributed by atoms with van der Waals surface area (Å²) in [5, 5.41) is 9.11. The third-order valence-electron chi connectivity index (χ3n) is 5.09. The Morgan fingerprint density at radius 3 is 2.53 bits per heavy atom. The number of hydrogen-bond donors (Lipinski definition) is 2. The van der Waals surface area contributed by atoms with Crippen molar-refractivity contribution in [3.63, 3.8) is 0 Å². The van der Waals surface area contributed by atoms with Gasteiger partial charge in [-0.1, -0.05) is 30.3 Å². The van der Waals surface area contributed by atoms with Gasteiger partial charge in [-0.05, 0) is 31.2 Å². The Hall–Kier alpha value is -1.55. The average Bonchev–Trinajstić information content (AvgIpc) is 2.86. The summed E-state index contributed by atoms with van der Waals surface area (Å²) in [5.41, 5.74) is 7.63. The van der Waals surface area contributed by atoms with Crippen molar-refractivity contribution in [2.45, 2.75) is 31.2 Å². The van der Waals surface area contributed by atoms with Crippen molar-refractivity contribution < 1.29 is 9.90 Å². The number of rotatable bonds is 2. The van der Waals surface area contributed by atoms with Gasteiger partial charge in [-0.15, -0.1) is 0 Å². The molecule has 1 aromatic carbocycles. The number of hydrogen-bond acceptors (Lipinski definition) is 2. The van der Waals surface area contributed by atoms with Gasteiger partial charge < -0.3 is 15.7 Å². The first-order valence-corrected chi connectivity index (χ1v) is 6.85. The highest BCUT2D eigenvalue weighted by Crippen LogP contribution is 2.55. The van der Waals surface area contributed by atoms with Crippen molar-refractivity contribution in [3.05, 3.63) is 35.9 Å². The van der Waals surface area contributed by atoms with Crippen LogP contribution in [0.4, 0.5) is 4.79 Å². The Bertz CT molecular complexity index is 490. The second-order valence-corrected chi connectivity index (χ2v) is 6.05. The first-order chi connectivity index (χ1) is 9.05. The summed E-state index contributed by atoms with van der Waals surface area (Å²) in [6.45, 7) is 1.23. The van der Waals surface area contributed by atoms with Crippen LogP contribution in [0.2, 0.25) is 0 Å². The van der Waals surface area contributed by atoms with Gasteiger partial charge in [-0.3, -0.25) is 0 Å². The minimum atomic E-state index is -0.814. The molecule has 1 heterocycles. The molecule has 3 N–H and O–H groups in total. The summed E-state index contributed by atoms with van der Waals surface area (Å²) in [4.78, 5) is 12.6. The van der Waals surface area contributed by atoms with Gasteiger partial charge in [0.2, 0.25) is 0 Å². The molecule has 0 radical (unpaired) electrons. The Kier molecular flexibility index (Phi) is 2.78. The fourth-order valence-electron chi connectivity index (χ4n) is 3.68. The van der Waals surface area contributed by atoms with E-state index in [1.807, 2.05) is 18.2 Å². The fraction of sp³-hybridized carbons (Fsp3) is 0.533. The molecule has 2 fully saturated rings. The van der Waals surface area contributed by atoms with E-state index in [1.54, 1.807) is 0 Å². The van der Waals surface area contributed by atoms with Gasteiger partial charge in [0, 0.05) is 24.0 Å². The maximum absolute atomic E-state index is 11.1. The number of carboxylic acid groups (broad SMARTS) is 1. The van der Waals surface area contributed by atoms with Crippen LogP contribution in [0.25, 0.3) is 0 Å². The third-order valence-corrected chi connectivity index (χ3v) is 5.09. The molecule has 2 atom stereocenters. The lowest BCUT2D eigenvalue weighted by Gasteiger charge is -2.56. The first-order valence-electron chi connectivity index (χ1n) is 6.85. The first kappa shape index (κ1) is 12.5. The van der Waals surface area contributed by atoms with E-state index in [4.69, 9.17) is 10.8 Å². The number of amides is 1. The van der Waals surface area contributed by atoms with Crippen molar-refractivity contribution in [1.29, 1.82) is 0 Å². The van der Waals surface area contributed by atoms with E-state index in [2.05, 4.69) is 12.1 Å². The van der Waals surface area contributed by atoms with E-state index in [0.29, 0.717) is 13.1 Å². The Morgan fingerprint density at radius 2 is 2.00 bits per heavy atom. The van der Waals surface area contributed by atoms with Gasteiger partial charge in [0.1, 0.15) is 0 Å². The van der Waals surface area contributed by atoms with Crippen LogP contribution in [0.15, 0.2) is 30.3 Å². The summed E-state index contributed by atoms with van der Waals surface area (Å²) < 4.78 is 0. The van der Waals surface area contributed by atoms with Crippen molar-refractivity contribution in [3.8, 4) is 0 Å². The Balaban J connectivity index is 1.76. The van der Waals surface area contributed by atoms with E-state index in [1.165, 1.54) is 10.5 Å². The van der Waals surface area contributed by atoms with Crippen LogP contribution in [-0.2, 0) is 6.42 Å². The van der Waals surface area contributed by atoms with Crippen LogP contribution in [0.1, 0.15) is 24.8 Å². The van der Waals surface area contributed by atoms with Crippen molar-refractivity contribution in [2.24, 2.45) is 11.1 Å². The van der Waals surface area contributed by atoms with Gasteiger partial charge in [0.05, 0.1) is 0 Å². The quantitative estimate of drug-likeness (QED) is 0.855. The number of benzene rings is 1. The zero-order valence-electron chi connectivity index (χ0n) is 11.0. The number of carbonyl (C=O) groups is 1. The molecule has 0 bridgehead atoms. The highest BCUT2D eigenvalue weighted by atomic mass is 16.4. The van der Waals surface area contributed by atoms with Crippen molar-refractivity contribution in [1.82, 2.24) is 4.90 Å². The molecule has 19 heavy (non-hydrogen) atoms. The largest absolute Gasteiger partial charge is 0.465 e. The smallest absolute Gasteiger partial charge is 0.407 e. The number of nitrogens with zero attached hydrogens (tertiary/aromatic N) is 1. The molecule has 1 aliphatic carbocycles. The standard InChI is InChI=1S/C15H20N2O2/c16-15(10-12-4-2-1-3-5-12)7-6-14(15)8-9-17(11-14)13(18)19/h1-5H,6-11,16H2,(H,18,19). The molecule has 3 rings (SSSR count). The summed E-state index contributed by atoms with van der Waals surface area (Å²) in [5.74, 6) is 0. The Morgan fingerprint density at radius 1 is 1.26 bits per heavy atom. The van der Waals surface area contributed by atoms with Crippen LogP contribution in [0.5, 0.6) is 0 Å². The zero-order valence-corrected chi connectivity index (χ0v) is 11.0. The van der Waals surface area contributed by atoms with Gasteiger partial charge in [-0.25, -0.2) is 4.79 Å². The topological polar surface area (TPSA) is 66.6 Å². The van der Waals surface area contributed by atoms with Crippen molar-refractivity contribution >= 4 is 6.09 Å². The SMILES string of the molecule is NC1(Cc2ccccc2)CCC12CCN(C(=O)O)C2. The molecule has 1 aromatic rings. The normalized spacial score (nSPS) is 33.4. The molecule has 1 saturated heterocycles. The van der Waals surface area contributed by atoms with E-state index in [9.17, 15) is 4.79 Å². The van der Waals surface area contributed by atoms with Gasteiger partial charge in [-0.2, -0.15) is 0 Å². The number of nitrogens with two attached hydrogens (primary N) is 1. The summed E-state index contributed by atoms with van der Waals surface area (Å²) in [7, 11) is 0. The molecule has 4 nitrogen and oxygen atoms in total. The monoisotopic (exact) mass is 260 g/mol. The molecule has 2 unspecified atom stereocenters. The van der Waals surface area contributed by atoms with E-state index in [-0.39, 0.29) is 11.0 Å². The van der Waals surface area contributed by atoms with Crippen LogP contribution in [0, 0.1) is 5.41 Å². The average molecular weight is 260 g/mol. The zero-order chi connectivity index (χ0) is 13.5. The predicted molar refractivity (Wildman–Crippen MR) is 72.9 cm³/mol. The van der Waals surface area contributed by atoms with Crippen molar-refractivity contribution in [2.75, 3.05) is 13.1 Å². The van der Waals surface area contributed by atoms with Gasteiger partial charge in [0.25, 0.3) is 0 Å². The van der Waals surface area contributed by atoms with Crippen LogP contribution in [0.3, 0.4) is 0 Å². The van der Waals surface area contributed by atoms with E-state index >= 15 is 0 Å². The molecule has 2 aliphatic rings. The summed E-state index contributed by atoms with van der Waals surface area (Å²) in [6, 6.07) is 10.3. The molecular weight excluding hydrogens is 240 g/mol. The molecular formula is C15H20N2O2. The maximum Gasteiger partial charge on any atom is 0.407 e. The lowest BCUT2D eigenvalue weighted by Crippen LogP contribution is -2.65. The lowest BCUT2D eigenvalue weighted by atomic mass is 9.52.